The third-order valence-corrected chi connectivity index (χ3v) is 4.93. The first-order chi connectivity index (χ1) is 14.4. The first-order valence-corrected chi connectivity index (χ1v) is 9.74. The second-order valence-corrected chi connectivity index (χ2v) is 7.54. The monoisotopic (exact) mass is 459 g/mol. The van der Waals surface area contributed by atoms with Gasteiger partial charge in [-0.3, -0.25) is 0 Å². The lowest BCUT2D eigenvalue weighted by atomic mass is 10.0. The van der Waals surface area contributed by atoms with Crippen molar-refractivity contribution in [3.05, 3.63) is 54.2 Å². The number of nitrogens with two attached hydrogens (primary N) is 1. The molecule has 166 valence electrons. The maximum Gasteiger partial charge on any atom is 0.405 e. The summed E-state index contributed by atoms with van der Waals surface area (Å²) in [4.78, 5) is 0.203. The summed E-state index contributed by atoms with van der Waals surface area (Å²) in [6.45, 7) is -1.15. The molecule has 3 aromatic rings. The topological polar surface area (TPSA) is 43.0 Å². The molecule has 0 amide bonds. The highest BCUT2D eigenvalue weighted by Gasteiger charge is 2.27. The van der Waals surface area contributed by atoms with E-state index in [1.54, 1.807) is 35.0 Å². The Morgan fingerprint density at radius 1 is 1.00 bits per heavy atom. The van der Waals surface area contributed by atoms with E-state index >= 15 is 0 Å². The van der Waals surface area contributed by atoms with Crippen molar-refractivity contribution in [3.63, 3.8) is 0 Å². The standard InChI is InChI=1S/C21H19F6N3S/c22-20(23,24)7-2-8-30-11-17(13-3-1-4-14(9-13)19(28)31)16-6-5-15(10-18(16)30)29-12-21(25,26)27/h1,3-6,9-11,29H,2,7-8,12H2,(H2,28,31). The van der Waals surface area contributed by atoms with Gasteiger partial charge >= 0.3 is 12.4 Å². The third kappa shape index (κ3) is 6.13. The van der Waals surface area contributed by atoms with E-state index < -0.39 is 25.3 Å². The number of rotatable bonds is 7. The van der Waals surface area contributed by atoms with Gasteiger partial charge < -0.3 is 15.6 Å². The van der Waals surface area contributed by atoms with Crippen LogP contribution < -0.4 is 11.1 Å². The molecule has 2 aromatic carbocycles. The van der Waals surface area contributed by atoms with E-state index in [0.29, 0.717) is 16.5 Å². The van der Waals surface area contributed by atoms with Gasteiger partial charge in [-0.25, -0.2) is 0 Å². The van der Waals surface area contributed by atoms with E-state index in [1.165, 1.54) is 12.1 Å². The lowest BCUT2D eigenvalue weighted by Crippen LogP contribution is -2.21. The number of hydrogen-bond acceptors (Lipinski definition) is 2. The Kier molecular flexibility index (Phi) is 6.49. The molecule has 1 aromatic heterocycles. The van der Waals surface area contributed by atoms with Gasteiger partial charge in [0.05, 0.1) is 5.52 Å². The normalized spacial score (nSPS) is 12.3. The minimum absolute atomic E-state index is 0.0632. The molecular formula is C21H19F6N3S. The maximum atomic E-state index is 12.6. The summed E-state index contributed by atoms with van der Waals surface area (Å²) in [5.74, 6) is 0. The number of alkyl halides is 6. The van der Waals surface area contributed by atoms with Crippen LogP contribution in [0.5, 0.6) is 0 Å². The quantitative estimate of drug-likeness (QED) is 0.324. The summed E-state index contributed by atoms with van der Waals surface area (Å²) in [7, 11) is 0. The fraction of sp³-hybridized carbons (Fsp3) is 0.286. The van der Waals surface area contributed by atoms with E-state index in [0.717, 1.165) is 11.1 Å². The van der Waals surface area contributed by atoms with Crippen LogP contribution in [0.3, 0.4) is 0 Å². The lowest BCUT2D eigenvalue weighted by Gasteiger charge is -2.11. The number of nitrogens with one attached hydrogen (secondary N) is 1. The zero-order chi connectivity index (χ0) is 22.8. The van der Waals surface area contributed by atoms with Crippen LogP contribution in [0.2, 0.25) is 0 Å². The number of anilines is 1. The van der Waals surface area contributed by atoms with Gasteiger partial charge in [0.15, 0.2) is 0 Å². The predicted octanol–water partition coefficient (Wildman–Crippen LogP) is 6.26. The van der Waals surface area contributed by atoms with Gasteiger partial charge in [-0.1, -0.05) is 36.5 Å². The van der Waals surface area contributed by atoms with Crippen LogP contribution >= 0.6 is 12.2 Å². The molecule has 0 aliphatic rings. The van der Waals surface area contributed by atoms with Crippen molar-refractivity contribution in [2.24, 2.45) is 5.73 Å². The van der Waals surface area contributed by atoms with Crippen molar-refractivity contribution < 1.29 is 26.3 Å². The summed E-state index contributed by atoms with van der Waals surface area (Å²) in [6, 6.07) is 11.8. The summed E-state index contributed by atoms with van der Waals surface area (Å²) in [6.07, 6.45) is -8.08. The van der Waals surface area contributed by atoms with Crippen molar-refractivity contribution in [1.29, 1.82) is 0 Å². The van der Waals surface area contributed by atoms with E-state index in [1.807, 2.05) is 6.07 Å². The molecule has 0 fully saturated rings. The summed E-state index contributed by atoms with van der Waals surface area (Å²) < 4.78 is 77.0. The Labute approximate surface area is 179 Å². The molecule has 31 heavy (non-hydrogen) atoms. The number of aromatic nitrogens is 1. The van der Waals surface area contributed by atoms with Gasteiger partial charge in [-0.15, -0.1) is 0 Å². The molecular weight excluding hydrogens is 440 g/mol. The van der Waals surface area contributed by atoms with Crippen LogP contribution in [-0.4, -0.2) is 28.5 Å². The van der Waals surface area contributed by atoms with Crippen LogP contribution in [0.15, 0.2) is 48.7 Å². The number of aryl methyl sites for hydroxylation is 1. The second kappa shape index (κ2) is 8.78. The third-order valence-electron chi connectivity index (χ3n) is 4.69. The lowest BCUT2D eigenvalue weighted by molar-refractivity contribution is -0.135. The number of halogens is 6. The van der Waals surface area contributed by atoms with Crippen molar-refractivity contribution in [2.75, 3.05) is 11.9 Å². The Hall–Kier alpha value is -2.75. The number of fused-ring (bicyclic) bond motifs is 1. The van der Waals surface area contributed by atoms with Gasteiger partial charge in [0.25, 0.3) is 0 Å². The Morgan fingerprint density at radius 2 is 1.74 bits per heavy atom. The van der Waals surface area contributed by atoms with Crippen molar-refractivity contribution in [2.45, 2.75) is 31.7 Å². The van der Waals surface area contributed by atoms with E-state index in [4.69, 9.17) is 18.0 Å². The molecule has 10 heteroatoms. The Balaban J connectivity index is 2.02. The Bertz CT molecular complexity index is 1080. The van der Waals surface area contributed by atoms with Crippen molar-refractivity contribution in [1.82, 2.24) is 4.57 Å². The van der Waals surface area contributed by atoms with E-state index in [2.05, 4.69) is 5.32 Å². The molecule has 3 nitrogen and oxygen atoms in total. The minimum atomic E-state index is -4.39. The minimum Gasteiger partial charge on any atom is -0.389 e. The molecule has 0 aliphatic heterocycles. The highest BCUT2D eigenvalue weighted by Crippen LogP contribution is 2.34. The Morgan fingerprint density at radius 3 is 2.39 bits per heavy atom. The van der Waals surface area contributed by atoms with Gasteiger partial charge in [-0.05, 0) is 30.2 Å². The maximum absolute atomic E-state index is 12.6. The predicted molar refractivity (Wildman–Crippen MR) is 113 cm³/mol. The number of hydrogen-bond donors (Lipinski definition) is 2. The molecule has 0 saturated carbocycles. The van der Waals surface area contributed by atoms with Crippen LogP contribution in [0.4, 0.5) is 32.0 Å². The van der Waals surface area contributed by atoms with Crippen LogP contribution in [0.1, 0.15) is 18.4 Å². The SMILES string of the molecule is NC(=S)c1cccc(-c2cn(CCCC(F)(F)F)c3cc(NCC(F)(F)F)ccc23)c1. The molecule has 0 atom stereocenters. The first-order valence-electron chi connectivity index (χ1n) is 9.33. The fourth-order valence-electron chi connectivity index (χ4n) is 3.31. The molecule has 0 spiro atoms. The molecule has 1 heterocycles. The van der Waals surface area contributed by atoms with Crippen molar-refractivity contribution in [3.8, 4) is 11.1 Å². The number of thiocarbonyl (C=S) groups is 1. The molecule has 3 N–H and O–H groups in total. The van der Waals surface area contributed by atoms with Crippen LogP contribution in [0.25, 0.3) is 22.0 Å². The largest absolute Gasteiger partial charge is 0.405 e. The summed E-state index contributed by atoms with van der Waals surface area (Å²) >= 11 is 5.01. The molecule has 0 aliphatic carbocycles. The number of nitrogens with zero attached hydrogens (tertiary/aromatic N) is 1. The molecule has 0 radical (unpaired) electrons. The molecule has 0 unspecified atom stereocenters. The zero-order valence-electron chi connectivity index (χ0n) is 16.1. The molecule has 3 rings (SSSR count). The van der Waals surface area contributed by atoms with Crippen LogP contribution in [0, 0.1) is 0 Å². The first kappa shape index (κ1) is 22.9. The average Bonchev–Trinajstić information content (AvgIpc) is 3.03. The highest BCUT2D eigenvalue weighted by atomic mass is 32.1. The van der Waals surface area contributed by atoms with E-state index in [-0.39, 0.29) is 23.6 Å². The van der Waals surface area contributed by atoms with Gasteiger partial charge in [-0.2, -0.15) is 26.3 Å². The number of benzene rings is 2. The molecule has 0 bridgehead atoms. The van der Waals surface area contributed by atoms with Gasteiger partial charge in [0, 0.05) is 41.4 Å². The summed E-state index contributed by atoms with van der Waals surface area (Å²) in [5.41, 5.74) is 8.56. The fourth-order valence-corrected chi connectivity index (χ4v) is 3.44. The van der Waals surface area contributed by atoms with Crippen LogP contribution in [-0.2, 0) is 6.54 Å². The smallest absolute Gasteiger partial charge is 0.389 e. The van der Waals surface area contributed by atoms with Gasteiger partial charge in [0.1, 0.15) is 11.5 Å². The summed E-state index contributed by atoms with van der Waals surface area (Å²) in [5, 5.41) is 3.00. The highest BCUT2D eigenvalue weighted by molar-refractivity contribution is 7.80. The van der Waals surface area contributed by atoms with Crippen molar-refractivity contribution >= 4 is 33.8 Å². The second-order valence-electron chi connectivity index (χ2n) is 7.10. The zero-order valence-corrected chi connectivity index (χ0v) is 17.0. The average molecular weight is 459 g/mol. The van der Waals surface area contributed by atoms with E-state index in [9.17, 15) is 26.3 Å². The molecule has 0 saturated heterocycles. The van der Waals surface area contributed by atoms with Gasteiger partial charge in [0.2, 0.25) is 0 Å².